The molecular weight excluding hydrogens is 459 g/mol. The third-order valence-corrected chi connectivity index (χ3v) is 6.11. The minimum atomic E-state index is -0.384. The zero-order chi connectivity index (χ0) is 24.9. The van der Waals surface area contributed by atoms with Gasteiger partial charge in [-0.2, -0.15) is 5.10 Å². The second-order valence-electron chi connectivity index (χ2n) is 8.52. The van der Waals surface area contributed by atoms with E-state index >= 15 is 0 Å². The van der Waals surface area contributed by atoms with Gasteiger partial charge in [0.1, 0.15) is 17.3 Å². The minimum Gasteiger partial charge on any atom is -0.497 e. The molecule has 0 spiro atoms. The van der Waals surface area contributed by atoms with Crippen LogP contribution in [0.1, 0.15) is 15.9 Å². The molecule has 1 fully saturated rings. The number of nitrogens with zero attached hydrogens (tertiary/aromatic N) is 3. The number of hydrogen-bond acceptors (Lipinski definition) is 5. The molecule has 1 aliphatic rings. The summed E-state index contributed by atoms with van der Waals surface area (Å²) in [4.78, 5) is 15.3. The van der Waals surface area contributed by atoms with Crippen LogP contribution in [-0.2, 0) is 11.3 Å². The summed E-state index contributed by atoms with van der Waals surface area (Å²) in [6.07, 6.45) is 1.72. The highest BCUT2D eigenvalue weighted by atomic mass is 19.1. The van der Waals surface area contributed by atoms with Crippen molar-refractivity contribution in [1.29, 1.82) is 0 Å². The summed E-state index contributed by atoms with van der Waals surface area (Å²) >= 11 is 0. The maximum atomic E-state index is 14.9. The molecule has 1 aromatic heterocycles. The van der Waals surface area contributed by atoms with Gasteiger partial charge in [0.25, 0.3) is 5.91 Å². The molecule has 0 unspecified atom stereocenters. The van der Waals surface area contributed by atoms with Crippen molar-refractivity contribution in [2.75, 3.05) is 43.6 Å². The Bertz CT molecular complexity index is 1330. The monoisotopic (exact) mass is 486 g/mol. The van der Waals surface area contributed by atoms with E-state index in [0.717, 1.165) is 11.1 Å². The number of methoxy groups -OCH3 is 1. The number of anilines is 2. The highest BCUT2D eigenvalue weighted by molar-refractivity contribution is 6.08. The summed E-state index contributed by atoms with van der Waals surface area (Å²) in [5, 5.41) is 7.55. The number of benzene rings is 3. The van der Waals surface area contributed by atoms with E-state index < -0.39 is 0 Å². The van der Waals surface area contributed by atoms with Crippen molar-refractivity contribution in [3.8, 4) is 17.0 Å². The Balaban J connectivity index is 1.42. The van der Waals surface area contributed by atoms with Crippen molar-refractivity contribution in [2.45, 2.75) is 6.54 Å². The zero-order valence-electron chi connectivity index (χ0n) is 20.0. The number of hydrogen-bond donors (Lipinski definition) is 1. The van der Waals surface area contributed by atoms with Gasteiger partial charge in [-0.15, -0.1) is 0 Å². The van der Waals surface area contributed by atoms with Gasteiger partial charge in [-0.25, -0.2) is 4.39 Å². The van der Waals surface area contributed by atoms with Crippen LogP contribution >= 0.6 is 0 Å². The molecule has 7 nitrogen and oxygen atoms in total. The highest BCUT2D eigenvalue weighted by Crippen LogP contribution is 2.27. The minimum absolute atomic E-state index is 0.362. The Labute approximate surface area is 209 Å². The SMILES string of the molecule is COc1ccc(-c2nn(Cc3ccccc3)cc2C(=O)Nc2ccc(N3CCOCC3)c(F)c2)cc1. The molecule has 1 N–H and O–H groups in total. The molecule has 1 amide bonds. The number of carbonyl (C=O) groups is 1. The molecule has 0 bridgehead atoms. The van der Waals surface area contributed by atoms with Gasteiger partial charge in [0.05, 0.1) is 38.1 Å². The molecule has 0 radical (unpaired) electrons. The molecule has 36 heavy (non-hydrogen) atoms. The fraction of sp³-hybridized carbons (Fsp3) is 0.214. The number of aromatic nitrogens is 2. The van der Waals surface area contributed by atoms with Crippen molar-refractivity contribution < 1.29 is 18.7 Å². The number of nitrogens with one attached hydrogen (secondary N) is 1. The number of amides is 1. The molecule has 1 saturated heterocycles. The Kier molecular flexibility index (Phi) is 6.95. The van der Waals surface area contributed by atoms with E-state index in [0.29, 0.717) is 61.2 Å². The molecule has 0 atom stereocenters. The predicted molar refractivity (Wildman–Crippen MR) is 137 cm³/mol. The molecule has 2 heterocycles. The molecular formula is C28H27FN4O3. The number of rotatable bonds is 7. The average Bonchev–Trinajstić information content (AvgIpc) is 3.34. The van der Waals surface area contributed by atoms with E-state index in [4.69, 9.17) is 14.6 Å². The normalized spacial score (nSPS) is 13.4. The highest BCUT2D eigenvalue weighted by Gasteiger charge is 2.20. The first-order valence-electron chi connectivity index (χ1n) is 11.8. The summed E-state index contributed by atoms with van der Waals surface area (Å²) in [6, 6.07) is 22.0. The Morgan fingerprint density at radius 2 is 1.81 bits per heavy atom. The summed E-state index contributed by atoms with van der Waals surface area (Å²) in [5.41, 5.74) is 3.66. The summed E-state index contributed by atoms with van der Waals surface area (Å²) < 4.78 is 27.2. The van der Waals surface area contributed by atoms with Crippen LogP contribution in [-0.4, -0.2) is 49.1 Å². The van der Waals surface area contributed by atoms with Gasteiger partial charge in [-0.3, -0.25) is 9.48 Å². The van der Waals surface area contributed by atoms with Crippen LogP contribution in [0.5, 0.6) is 5.75 Å². The predicted octanol–water partition coefficient (Wildman–Crippen LogP) is 4.84. The molecule has 4 aromatic rings. The molecule has 8 heteroatoms. The largest absolute Gasteiger partial charge is 0.497 e. The van der Waals surface area contributed by atoms with E-state index in [1.807, 2.05) is 59.5 Å². The Morgan fingerprint density at radius 3 is 2.50 bits per heavy atom. The summed E-state index contributed by atoms with van der Waals surface area (Å²) in [5.74, 6) is -0.0344. The third kappa shape index (κ3) is 5.23. The first-order chi connectivity index (χ1) is 17.6. The zero-order valence-corrected chi connectivity index (χ0v) is 20.0. The molecule has 0 aliphatic carbocycles. The lowest BCUT2D eigenvalue weighted by molar-refractivity contribution is 0.102. The van der Waals surface area contributed by atoms with Crippen LogP contribution < -0.4 is 15.0 Å². The quantitative estimate of drug-likeness (QED) is 0.405. The van der Waals surface area contributed by atoms with Gasteiger partial charge in [-0.1, -0.05) is 30.3 Å². The van der Waals surface area contributed by atoms with Gasteiger partial charge >= 0.3 is 0 Å². The smallest absolute Gasteiger partial charge is 0.259 e. The van der Waals surface area contributed by atoms with E-state index in [9.17, 15) is 9.18 Å². The first kappa shape index (κ1) is 23.6. The number of carbonyl (C=O) groups excluding carboxylic acids is 1. The van der Waals surface area contributed by atoms with Crippen LogP contribution in [0.25, 0.3) is 11.3 Å². The van der Waals surface area contributed by atoms with Crippen molar-refractivity contribution in [1.82, 2.24) is 9.78 Å². The number of halogens is 1. The van der Waals surface area contributed by atoms with Crippen LogP contribution in [0.3, 0.4) is 0 Å². The number of morpholine rings is 1. The van der Waals surface area contributed by atoms with Gasteiger partial charge in [0.15, 0.2) is 0 Å². The van der Waals surface area contributed by atoms with Crippen LogP contribution in [0.15, 0.2) is 79.0 Å². The van der Waals surface area contributed by atoms with E-state index in [2.05, 4.69) is 5.32 Å². The van der Waals surface area contributed by atoms with E-state index in [-0.39, 0.29) is 11.7 Å². The molecule has 0 saturated carbocycles. The van der Waals surface area contributed by atoms with Crippen LogP contribution in [0.4, 0.5) is 15.8 Å². The first-order valence-corrected chi connectivity index (χ1v) is 11.8. The molecule has 184 valence electrons. The Hall–Kier alpha value is -4.17. The average molecular weight is 487 g/mol. The van der Waals surface area contributed by atoms with Gasteiger partial charge in [0, 0.05) is 30.5 Å². The summed E-state index contributed by atoms with van der Waals surface area (Å²) in [6.45, 7) is 2.92. The van der Waals surface area contributed by atoms with Gasteiger partial charge in [0.2, 0.25) is 0 Å². The molecule has 1 aliphatic heterocycles. The van der Waals surface area contributed by atoms with Gasteiger partial charge < -0.3 is 19.7 Å². The Morgan fingerprint density at radius 1 is 1.06 bits per heavy atom. The number of ether oxygens (including phenoxy) is 2. The van der Waals surface area contributed by atoms with Crippen molar-refractivity contribution in [3.05, 3.63) is 95.9 Å². The van der Waals surface area contributed by atoms with E-state index in [1.54, 1.807) is 30.1 Å². The second kappa shape index (κ2) is 10.6. The van der Waals surface area contributed by atoms with E-state index in [1.165, 1.54) is 6.07 Å². The van der Waals surface area contributed by atoms with Crippen molar-refractivity contribution in [3.63, 3.8) is 0 Å². The maximum absolute atomic E-state index is 14.9. The third-order valence-electron chi connectivity index (χ3n) is 6.11. The standard InChI is InChI=1S/C28H27FN4O3/c1-35-23-10-7-21(8-11-23)27-24(19-33(31-27)18-20-5-3-2-4-6-20)28(34)30-22-9-12-26(25(29)17-22)32-13-15-36-16-14-32/h2-12,17,19H,13-16,18H2,1H3,(H,30,34). The lowest BCUT2D eigenvalue weighted by Crippen LogP contribution is -2.36. The van der Waals surface area contributed by atoms with Crippen LogP contribution in [0, 0.1) is 5.82 Å². The van der Waals surface area contributed by atoms with Crippen molar-refractivity contribution in [2.24, 2.45) is 0 Å². The molecule has 5 rings (SSSR count). The fourth-order valence-electron chi connectivity index (χ4n) is 4.24. The second-order valence-corrected chi connectivity index (χ2v) is 8.52. The van der Waals surface area contributed by atoms with Crippen molar-refractivity contribution >= 4 is 17.3 Å². The fourth-order valence-corrected chi connectivity index (χ4v) is 4.24. The van der Waals surface area contributed by atoms with Gasteiger partial charge in [-0.05, 0) is 48.0 Å². The lowest BCUT2D eigenvalue weighted by Gasteiger charge is -2.29. The lowest BCUT2D eigenvalue weighted by atomic mass is 10.1. The summed E-state index contributed by atoms with van der Waals surface area (Å²) in [7, 11) is 1.60. The maximum Gasteiger partial charge on any atom is 0.259 e. The topological polar surface area (TPSA) is 68.6 Å². The molecule has 3 aromatic carbocycles. The van der Waals surface area contributed by atoms with Crippen LogP contribution in [0.2, 0.25) is 0 Å².